The van der Waals surface area contributed by atoms with Crippen molar-refractivity contribution >= 4 is 6.09 Å². The molecule has 1 aliphatic carbocycles. The summed E-state index contributed by atoms with van der Waals surface area (Å²) in [6.45, 7) is 1.41. The number of hydrogen-bond acceptors (Lipinski definition) is 7. The molecule has 29 heavy (non-hydrogen) atoms. The third-order valence-corrected chi connectivity index (χ3v) is 5.91. The molecule has 1 amide bonds. The van der Waals surface area contributed by atoms with Gasteiger partial charge in [0.2, 0.25) is 0 Å². The monoisotopic (exact) mass is 397 g/mol. The minimum Gasteiger partial charge on any atom is -0.444 e. The number of rotatable bonds is 7. The molecule has 1 unspecified atom stereocenters. The molecule has 3 atom stereocenters. The van der Waals surface area contributed by atoms with Crippen molar-refractivity contribution in [1.82, 2.24) is 25.3 Å². The van der Waals surface area contributed by atoms with Crippen LogP contribution >= 0.6 is 0 Å². The van der Waals surface area contributed by atoms with Crippen molar-refractivity contribution in [3.63, 3.8) is 0 Å². The van der Waals surface area contributed by atoms with Crippen molar-refractivity contribution in [2.24, 2.45) is 11.8 Å². The molecular weight excluding hydrogens is 370 g/mol. The van der Waals surface area contributed by atoms with Gasteiger partial charge in [0.05, 0.1) is 0 Å². The molecule has 1 saturated carbocycles. The van der Waals surface area contributed by atoms with E-state index in [9.17, 15) is 4.79 Å². The molecular formula is C21H27N5O3. The minimum absolute atomic E-state index is 0.210. The van der Waals surface area contributed by atoms with Gasteiger partial charge in [-0.3, -0.25) is 4.98 Å². The van der Waals surface area contributed by atoms with E-state index in [0.29, 0.717) is 18.4 Å². The Morgan fingerprint density at radius 1 is 1.21 bits per heavy atom. The summed E-state index contributed by atoms with van der Waals surface area (Å²) >= 11 is 0. The van der Waals surface area contributed by atoms with E-state index in [1.807, 2.05) is 17.0 Å². The summed E-state index contributed by atoms with van der Waals surface area (Å²) < 4.78 is 5.52. The first-order valence-corrected chi connectivity index (χ1v) is 10.2. The molecule has 1 aliphatic heterocycles. The molecule has 8 nitrogen and oxygen atoms in total. The highest BCUT2D eigenvalue weighted by Gasteiger charge is 2.42. The van der Waals surface area contributed by atoms with E-state index in [1.165, 1.54) is 0 Å². The highest BCUT2D eigenvalue weighted by Crippen LogP contribution is 2.40. The van der Waals surface area contributed by atoms with Crippen LogP contribution in [0.2, 0.25) is 0 Å². The molecule has 3 heterocycles. The van der Waals surface area contributed by atoms with Crippen LogP contribution in [0.1, 0.15) is 42.6 Å². The molecule has 0 aromatic carbocycles. The summed E-state index contributed by atoms with van der Waals surface area (Å²) in [4.78, 5) is 27.3. The summed E-state index contributed by atoms with van der Waals surface area (Å²) in [7, 11) is 0. The Bertz CT molecular complexity index is 802. The maximum Gasteiger partial charge on any atom is 0.410 e. The molecule has 0 spiro atoms. The van der Waals surface area contributed by atoms with Crippen molar-refractivity contribution in [3.8, 4) is 0 Å². The molecule has 2 N–H and O–H groups in total. The fourth-order valence-electron chi connectivity index (χ4n) is 4.56. The summed E-state index contributed by atoms with van der Waals surface area (Å²) in [5, 5.41) is 8.73. The first-order valence-electron chi connectivity index (χ1n) is 10.2. The highest BCUT2D eigenvalue weighted by molar-refractivity contribution is 5.68. The van der Waals surface area contributed by atoms with Crippen molar-refractivity contribution in [2.75, 3.05) is 6.54 Å². The summed E-state index contributed by atoms with van der Waals surface area (Å²) in [5.74, 6) is 1.97. The topological polar surface area (TPSA) is 100 Å². The second-order valence-electron chi connectivity index (χ2n) is 8.04. The van der Waals surface area contributed by atoms with E-state index in [4.69, 9.17) is 9.94 Å². The van der Waals surface area contributed by atoms with Gasteiger partial charge in [-0.2, -0.15) is 0 Å². The van der Waals surface area contributed by atoms with Crippen LogP contribution in [0.4, 0.5) is 4.79 Å². The van der Waals surface area contributed by atoms with Crippen LogP contribution in [0.25, 0.3) is 0 Å². The molecule has 4 rings (SSSR count). The van der Waals surface area contributed by atoms with Crippen LogP contribution in [-0.2, 0) is 24.3 Å². The lowest BCUT2D eigenvalue weighted by atomic mass is 9.80. The number of carbonyl (C=O) groups excluding carboxylic acids is 1. The fraction of sp³-hybridized carbons (Fsp3) is 0.524. The number of amides is 1. The van der Waals surface area contributed by atoms with Crippen LogP contribution in [0.15, 0.2) is 36.9 Å². The average molecular weight is 397 g/mol. The molecule has 154 valence electrons. The zero-order valence-electron chi connectivity index (χ0n) is 16.4. The number of carbonyl (C=O) groups is 1. The van der Waals surface area contributed by atoms with Gasteiger partial charge in [-0.15, -0.1) is 0 Å². The van der Waals surface area contributed by atoms with E-state index in [2.05, 4.69) is 20.4 Å². The van der Waals surface area contributed by atoms with Crippen LogP contribution < -0.4 is 5.48 Å². The molecule has 2 aromatic heterocycles. The Balaban J connectivity index is 1.26. The Labute approximate surface area is 170 Å². The van der Waals surface area contributed by atoms with Gasteiger partial charge in [-0.05, 0) is 43.6 Å². The zero-order valence-corrected chi connectivity index (χ0v) is 16.4. The number of aryl methyl sites for hydroxylation is 1. The van der Waals surface area contributed by atoms with Crippen molar-refractivity contribution in [3.05, 3.63) is 53.9 Å². The number of hydroxylamine groups is 1. The van der Waals surface area contributed by atoms with Crippen LogP contribution in [0.3, 0.4) is 0 Å². The third-order valence-electron chi connectivity index (χ3n) is 5.91. The summed E-state index contributed by atoms with van der Waals surface area (Å²) in [6, 6.07) is 4.03. The quantitative estimate of drug-likeness (QED) is 0.693. The number of pyridine rings is 1. The lowest BCUT2D eigenvalue weighted by Gasteiger charge is -2.29. The van der Waals surface area contributed by atoms with Gasteiger partial charge in [-0.25, -0.2) is 20.2 Å². The van der Waals surface area contributed by atoms with E-state index in [0.717, 1.165) is 55.6 Å². The van der Waals surface area contributed by atoms with Gasteiger partial charge >= 0.3 is 6.09 Å². The van der Waals surface area contributed by atoms with E-state index in [-0.39, 0.29) is 18.7 Å². The van der Waals surface area contributed by atoms with Gasteiger partial charge < -0.3 is 14.8 Å². The van der Waals surface area contributed by atoms with Crippen LogP contribution in [-0.4, -0.2) is 43.7 Å². The van der Waals surface area contributed by atoms with E-state index < -0.39 is 0 Å². The number of nitrogens with zero attached hydrogens (tertiary/aromatic N) is 4. The average Bonchev–Trinajstić information content (AvgIpc) is 3.06. The molecule has 8 heteroatoms. The maximum absolute atomic E-state index is 12.6. The highest BCUT2D eigenvalue weighted by atomic mass is 16.6. The smallest absolute Gasteiger partial charge is 0.410 e. The van der Waals surface area contributed by atoms with E-state index in [1.54, 1.807) is 24.8 Å². The van der Waals surface area contributed by atoms with Gasteiger partial charge in [0.25, 0.3) is 0 Å². The Morgan fingerprint density at radius 3 is 2.83 bits per heavy atom. The summed E-state index contributed by atoms with van der Waals surface area (Å²) in [5.41, 5.74) is 3.87. The van der Waals surface area contributed by atoms with Crippen molar-refractivity contribution in [2.45, 2.75) is 51.3 Å². The van der Waals surface area contributed by atoms with Crippen LogP contribution in [0.5, 0.6) is 0 Å². The largest absolute Gasteiger partial charge is 0.444 e. The molecule has 2 bridgehead atoms. The molecule has 1 saturated heterocycles. The first kappa shape index (κ1) is 19.7. The Kier molecular flexibility index (Phi) is 6.31. The predicted molar refractivity (Wildman–Crippen MR) is 105 cm³/mol. The standard InChI is InChI=1S/C21H27N5O3/c27-21(29-14-16-2-1-5-22-9-16)26-13-17-6-15(7-19(26)8-17)3-4-20-23-10-18(11-24-20)12-25-28/h1-2,5,9-11,15,17,19,25,28H,3-4,6-8,12-14H2/t15?,17-,19+/m0/s1. The fourth-order valence-corrected chi connectivity index (χ4v) is 4.56. The number of likely N-dealkylation sites (tertiary alicyclic amines) is 1. The second kappa shape index (κ2) is 9.28. The normalized spacial score (nSPS) is 23.2. The van der Waals surface area contributed by atoms with Gasteiger partial charge in [0, 0.05) is 61.5 Å². The van der Waals surface area contributed by atoms with Gasteiger partial charge in [0.15, 0.2) is 0 Å². The van der Waals surface area contributed by atoms with Crippen LogP contribution in [0, 0.1) is 11.8 Å². The molecule has 2 fully saturated rings. The Morgan fingerprint density at radius 2 is 2.07 bits per heavy atom. The molecule has 2 aromatic rings. The SMILES string of the molecule is O=C(OCc1cccnc1)N1C[C@H]2CC(CCc3ncc(CNO)cn3)C[C@@H]1C2. The number of aromatic nitrogens is 3. The predicted octanol–water partition coefficient (Wildman–Crippen LogP) is 2.72. The first-order chi connectivity index (χ1) is 14.2. The lowest BCUT2D eigenvalue weighted by Crippen LogP contribution is -2.36. The Hall–Kier alpha value is -2.58. The van der Waals surface area contributed by atoms with Gasteiger partial charge in [-0.1, -0.05) is 6.07 Å². The summed E-state index contributed by atoms with van der Waals surface area (Å²) in [6.07, 6.45) is 11.8. The molecule has 2 aliphatic rings. The number of nitrogens with one attached hydrogen (secondary N) is 1. The number of hydrogen-bond donors (Lipinski definition) is 2. The lowest BCUT2D eigenvalue weighted by molar-refractivity contribution is 0.0893. The third kappa shape index (κ3) is 5.07. The minimum atomic E-state index is -0.210. The van der Waals surface area contributed by atoms with Crippen molar-refractivity contribution in [1.29, 1.82) is 0 Å². The van der Waals surface area contributed by atoms with E-state index >= 15 is 0 Å². The maximum atomic E-state index is 12.6. The number of ether oxygens (including phenoxy) is 1. The molecule has 0 radical (unpaired) electrons. The second-order valence-corrected chi connectivity index (χ2v) is 8.04. The van der Waals surface area contributed by atoms with Gasteiger partial charge in [0.1, 0.15) is 12.4 Å². The number of fused-ring (bicyclic) bond motifs is 2. The van der Waals surface area contributed by atoms with Crippen molar-refractivity contribution < 1.29 is 14.7 Å². The zero-order chi connectivity index (χ0) is 20.1.